The zero-order chi connectivity index (χ0) is 23.2. The molecule has 1 aromatic heterocycles. The highest BCUT2D eigenvalue weighted by molar-refractivity contribution is 5.95. The van der Waals surface area contributed by atoms with Crippen LogP contribution >= 0.6 is 0 Å². The Bertz CT molecular complexity index is 1370. The summed E-state index contributed by atoms with van der Waals surface area (Å²) < 4.78 is 16.8. The van der Waals surface area contributed by atoms with Crippen LogP contribution in [0.3, 0.4) is 0 Å². The van der Waals surface area contributed by atoms with Gasteiger partial charge in [0, 0.05) is 30.1 Å². The first-order valence-electron chi connectivity index (χ1n) is 10.4. The largest absolute Gasteiger partial charge is 0.492 e. The van der Waals surface area contributed by atoms with E-state index in [2.05, 4.69) is 5.32 Å². The number of amides is 1. The van der Waals surface area contributed by atoms with Gasteiger partial charge in [0.25, 0.3) is 5.91 Å². The molecule has 0 aliphatic carbocycles. The number of carbonyl (C=O) groups excluding carboxylic acids is 1. The summed E-state index contributed by atoms with van der Waals surface area (Å²) in [5, 5.41) is 3.30. The molecule has 1 heterocycles. The van der Waals surface area contributed by atoms with Crippen molar-refractivity contribution in [2.45, 2.75) is 13.5 Å². The van der Waals surface area contributed by atoms with Gasteiger partial charge in [-0.3, -0.25) is 4.79 Å². The maximum Gasteiger partial charge on any atom is 0.336 e. The van der Waals surface area contributed by atoms with Crippen LogP contribution in [0.2, 0.25) is 0 Å². The van der Waals surface area contributed by atoms with E-state index in [0.717, 1.165) is 27.6 Å². The Labute approximate surface area is 191 Å². The zero-order valence-corrected chi connectivity index (χ0v) is 18.3. The van der Waals surface area contributed by atoms with Crippen molar-refractivity contribution in [1.82, 2.24) is 5.32 Å². The summed E-state index contributed by atoms with van der Waals surface area (Å²) in [4.78, 5) is 24.5. The Kier molecular flexibility index (Phi) is 6.55. The van der Waals surface area contributed by atoms with Gasteiger partial charge in [0.2, 0.25) is 5.76 Å². The van der Waals surface area contributed by atoms with Gasteiger partial charge in [-0.2, -0.15) is 0 Å². The number of fused-ring (bicyclic) bond motifs is 1. The summed E-state index contributed by atoms with van der Waals surface area (Å²) in [6.07, 6.45) is 1.27. The molecule has 6 heteroatoms. The van der Waals surface area contributed by atoms with E-state index in [0.29, 0.717) is 11.3 Å². The van der Waals surface area contributed by atoms with Crippen molar-refractivity contribution < 1.29 is 18.7 Å². The van der Waals surface area contributed by atoms with Crippen molar-refractivity contribution in [1.29, 1.82) is 0 Å². The lowest BCUT2D eigenvalue weighted by Crippen LogP contribution is -2.23. The van der Waals surface area contributed by atoms with Crippen LogP contribution in [-0.2, 0) is 16.1 Å². The van der Waals surface area contributed by atoms with Gasteiger partial charge in [-0.1, -0.05) is 54.6 Å². The van der Waals surface area contributed by atoms with Gasteiger partial charge in [0.05, 0.1) is 0 Å². The number of carbonyl (C=O) groups is 1. The molecule has 1 N–H and O–H groups in total. The van der Waals surface area contributed by atoms with Crippen molar-refractivity contribution in [3.05, 3.63) is 112 Å². The summed E-state index contributed by atoms with van der Waals surface area (Å²) in [6.45, 7) is 2.28. The number of ether oxygens (including phenoxy) is 2. The molecule has 0 aliphatic rings. The Morgan fingerprint density at radius 2 is 1.73 bits per heavy atom. The van der Waals surface area contributed by atoms with Crippen LogP contribution in [0, 0.1) is 6.92 Å². The van der Waals surface area contributed by atoms with Crippen molar-refractivity contribution >= 4 is 16.9 Å². The van der Waals surface area contributed by atoms with Gasteiger partial charge in [0.1, 0.15) is 24.2 Å². The van der Waals surface area contributed by atoms with Gasteiger partial charge in [-0.05, 0) is 35.7 Å². The second kappa shape index (κ2) is 9.87. The number of rotatable bonds is 7. The van der Waals surface area contributed by atoms with Crippen molar-refractivity contribution in [2.24, 2.45) is 0 Å². The molecule has 166 valence electrons. The molecule has 4 rings (SSSR count). The predicted octanol–water partition coefficient (Wildman–Crippen LogP) is 4.95. The third kappa shape index (κ3) is 5.13. The molecule has 1 amide bonds. The maximum atomic E-state index is 12.3. The highest BCUT2D eigenvalue weighted by Crippen LogP contribution is 2.31. The van der Waals surface area contributed by atoms with Crippen LogP contribution in [0.25, 0.3) is 22.1 Å². The molecule has 0 unspecified atom stereocenters. The molecule has 0 fully saturated rings. The van der Waals surface area contributed by atoms with E-state index in [9.17, 15) is 9.59 Å². The molecule has 0 aliphatic heterocycles. The molecule has 6 nitrogen and oxygen atoms in total. The summed E-state index contributed by atoms with van der Waals surface area (Å²) >= 11 is 0. The van der Waals surface area contributed by atoms with E-state index in [1.807, 2.05) is 67.6 Å². The second-order valence-electron chi connectivity index (χ2n) is 7.41. The molecule has 0 atom stereocenters. The lowest BCUT2D eigenvalue weighted by atomic mass is 9.98. The van der Waals surface area contributed by atoms with E-state index < -0.39 is 11.5 Å². The Balaban J connectivity index is 1.64. The predicted molar refractivity (Wildman–Crippen MR) is 127 cm³/mol. The Hall–Kier alpha value is -4.32. The average molecular weight is 441 g/mol. The first-order chi connectivity index (χ1) is 16.0. The van der Waals surface area contributed by atoms with Crippen LogP contribution in [0.15, 0.2) is 100 Å². The standard InChI is InChI=1S/C27H23NO5/c1-18-8-6-7-11-21(18)23-15-26(29)33-24-14-20(12-13-22(23)24)32-25(27(30)28-2)17-31-16-19-9-4-3-5-10-19/h3-15,17H,16H2,1-2H3,(H,28,30). The second-order valence-corrected chi connectivity index (χ2v) is 7.41. The third-order valence-electron chi connectivity index (χ3n) is 5.11. The van der Waals surface area contributed by atoms with E-state index in [1.165, 1.54) is 19.4 Å². The first kappa shape index (κ1) is 21.9. The summed E-state index contributed by atoms with van der Waals surface area (Å²) in [5.41, 5.74) is 3.63. The van der Waals surface area contributed by atoms with E-state index >= 15 is 0 Å². The number of hydrogen-bond acceptors (Lipinski definition) is 5. The molecule has 0 saturated heterocycles. The molecule has 4 aromatic rings. The zero-order valence-electron chi connectivity index (χ0n) is 18.3. The topological polar surface area (TPSA) is 77.8 Å². The van der Waals surface area contributed by atoms with Crippen LogP contribution < -0.4 is 15.7 Å². The van der Waals surface area contributed by atoms with Crippen LogP contribution in [0.4, 0.5) is 0 Å². The minimum absolute atomic E-state index is 0.0230. The molecule has 0 spiro atoms. The number of hydrogen-bond donors (Lipinski definition) is 1. The minimum atomic E-state index is -0.467. The lowest BCUT2D eigenvalue weighted by molar-refractivity contribution is -0.119. The average Bonchev–Trinajstić information content (AvgIpc) is 2.83. The quantitative estimate of drug-likeness (QED) is 0.249. The highest BCUT2D eigenvalue weighted by Gasteiger charge is 2.14. The highest BCUT2D eigenvalue weighted by atomic mass is 16.5. The number of aryl methyl sites for hydroxylation is 1. The Morgan fingerprint density at radius 3 is 2.48 bits per heavy atom. The third-order valence-corrected chi connectivity index (χ3v) is 5.11. The van der Waals surface area contributed by atoms with Crippen LogP contribution in [0.5, 0.6) is 5.75 Å². The van der Waals surface area contributed by atoms with Gasteiger partial charge in [-0.25, -0.2) is 4.79 Å². The Morgan fingerprint density at radius 1 is 0.970 bits per heavy atom. The first-order valence-corrected chi connectivity index (χ1v) is 10.4. The molecular weight excluding hydrogens is 418 g/mol. The van der Waals surface area contributed by atoms with Gasteiger partial charge < -0.3 is 19.2 Å². The minimum Gasteiger partial charge on any atom is -0.492 e. The molecular formula is C27H23NO5. The molecule has 3 aromatic carbocycles. The van der Waals surface area contributed by atoms with Crippen molar-refractivity contribution in [2.75, 3.05) is 7.05 Å². The smallest absolute Gasteiger partial charge is 0.336 e. The van der Waals surface area contributed by atoms with Crippen molar-refractivity contribution in [3.63, 3.8) is 0 Å². The van der Waals surface area contributed by atoms with Crippen LogP contribution in [-0.4, -0.2) is 13.0 Å². The number of nitrogens with one attached hydrogen (secondary N) is 1. The fourth-order valence-corrected chi connectivity index (χ4v) is 3.47. The number of benzene rings is 3. The normalized spacial score (nSPS) is 11.3. The van der Waals surface area contributed by atoms with E-state index in [1.54, 1.807) is 12.1 Å². The fourth-order valence-electron chi connectivity index (χ4n) is 3.47. The van der Waals surface area contributed by atoms with E-state index in [-0.39, 0.29) is 12.4 Å². The SMILES string of the molecule is CNC(=O)C(=COCc1ccccc1)Oc1ccc2c(-c3ccccc3C)cc(=O)oc2c1. The summed E-state index contributed by atoms with van der Waals surface area (Å²) in [6, 6.07) is 24.0. The lowest BCUT2D eigenvalue weighted by Gasteiger charge is -2.12. The van der Waals surface area contributed by atoms with E-state index in [4.69, 9.17) is 13.9 Å². The maximum absolute atomic E-state index is 12.3. The molecule has 0 bridgehead atoms. The van der Waals surface area contributed by atoms with Crippen LogP contribution in [0.1, 0.15) is 11.1 Å². The molecule has 33 heavy (non-hydrogen) atoms. The van der Waals surface area contributed by atoms with Gasteiger partial charge >= 0.3 is 5.63 Å². The number of likely N-dealkylation sites (N-methyl/N-ethyl adjacent to an activating group) is 1. The van der Waals surface area contributed by atoms with Gasteiger partial charge in [0.15, 0.2) is 0 Å². The summed E-state index contributed by atoms with van der Waals surface area (Å²) in [5.74, 6) is -0.130. The monoisotopic (exact) mass is 441 g/mol. The van der Waals surface area contributed by atoms with Gasteiger partial charge in [-0.15, -0.1) is 0 Å². The molecule has 0 saturated carbocycles. The molecule has 0 radical (unpaired) electrons. The summed E-state index contributed by atoms with van der Waals surface area (Å²) in [7, 11) is 1.50. The van der Waals surface area contributed by atoms with Crippen molar-refractivity contribution in [3.8, 4) is 16.9 Å². The fraction of sp³-hybridized carbons (Fsp3) is 0.111.